The van der Waals surface area contributed by atoms with E-state index in [1.807, 2.05) is 30.3 Å². The number of ether oxygens (including phenoxy) is 2. The van der Waals surface area contributed by atoms with Gasteiger partial charge in [0.2, 0.25) is 5.91 Å². The number of hydrogen-bond acceptors (Lipinski definition) is 3. The lowest BCUT2D eigenvalue weighted by Gasteiger charge is -2.61. The summed E-state index contributed by atoms with van der Waals surface area (Å²) in [4.78, 5) is 14.5. The van der Waals surface area contributed by atoms with Crippen LogP contribution in [0.4, 0.5) is 0 Å². The average Bonchev–Trinajstić information content (AvgIpc) is 3.13. The second kappa shape index (κ2) is 8.66. The van der Waals surface area contributed by atoms with Crippen LogP contribution in [0.5, 0.6) is 5.75 Å². The molecule has 5 rings (SSSR count). The van der Waals surface area contributed by atoms with Gasteiger partial charge in [-0.1, -0.05) is 32.0 Å². The highest BCUT2D eigenvalue weighted by atomic mass is 16.5. The van der Waals surface area contributed by atoms with Crippen molar-refractivity contribution in [3.8, 4) is 5.75 Å². The highest BCUT2D eigenvalue weighted by Crippen LogP contribution is 2.66. The predicted molar refractivity (Wildman–Crippen MR) is 126 cm³/mol. The minimum absolute atomic E-state index is 0.316. The van der Waals surface area contributed by atoms with E-state index in [0.29, 0.717) is 41.9 Å². The normalized spacial score (nSPS) is 41.0. The monoisotopic (exact) mass is 439 g/mol. The van der Waals surface area contributed by atoms with Gasteiger partial charge in [0.15, 0.2) is 0 Å². The van der Waals surface area contributed by atoms with Crippen molar-refractivity contribution in [2.75, 3.05) is 26.9 Å². The van der Waals surface area contributed by atoms with Crippen LogP contribution in [0, 0.1) is 34.5 Å². The molecule has 1 saturated heterocycles. The molecule has 1 amide bonds. The van der Waals surface area contributed by atoms with Gasteiger partial charge in [0.05, 0.1) is 13.2 Å². The lowest BCUT2D eigenvalue weighted by Crippen LogP contribution is -2.61. The van der Waals surface area contributed by atoms with Crippen LogP contribution in [-0.2, 0) is 9.53 Å². The maximum atomic E-state index is 12.4. The van der Waals surface area contributed by atoms with Crippen LogP contribution in [0.3, 0.4) is 0 Å². The molecule has 0 spiro atoms. The van der Waals surface area contributed by atoms with Gasteiger partial charge in [0.1, 0.15) is 12.4 Å². The Balaban J connectivity index is 1.18. The van der Waals surface area contributed by atoms with E-state index in [0.717, 1.165) is 43.0 Å². The molecule has 7 atom stereocenters. The summed E-state index contributed by atoms with van der Waals surface area (Å²) in [7, 11) is 2.06. The molecule has 0 bridgehead atoms. The summed E-state index contributed by atoms with van der Waals surface area (Å²) in [5, 5.41) is 0. The Hall–Kier alpha value is -1.55. The number of piperidine rings is 1. The largest absolute Gasteiger partial charge is 0.491 e. The molecule has 0 aromatic heterocycles. The first-order chi connectivity index (χ1) is 15.4. The number of amides is 1. The van der Waals surface area contributed by atoms with Gasteiger partial charge in [0.25, 0.3) is 0 Å². The first-order valence-electron chi connectivity index (χ1n) is 12.9. The first kappa shape index (κ1) is 22.3. The van der Waals surface area contributed by atoms with Gasteiger partial charge in [-0.25, -0.2) is 0 Å². The van der Waals surface area contributed by atoms with Crippen molar-refractivity contribution in [2.24, 2.45) is 34.5 Å². The van der Waals surface area contributed by atoms with E-state index in [4.69, 9.17) is 9.47 Å². The lowest BCUT2D eigenvalue weighted by atomic mass is 9.47. The molecule has 0 radical (unpaired) electrons. The van der Waals surface area contributed by atoms with Crippen LogP contribution in [0.15, 0.2) is 30.3 Å². The molecule has 176 valence electrons. The minimum Gasteiger partial charge on any atom is -0.491 e. The molecule has 4 nitrogen and oxygen atoms in total. The van der Waals surface area contributed by atoms with Crippen LogP contribution >= 0.6 is 0 Å². The fraction of sp³-hybridized carbons (Fsp3) is 0.750. The van der Waals surface area contributed by atoms with E-state index in [-0.39, 0.29) is 0 Å². The third-order valence-electron chi connectivity index (χ3n) is 10.3. The van der Waals surface area contributed by atoms with Gasteiger partial charge >= 0.3 is 0 Å². The van der Waals surface area contributed by atoms with Crippen molar-refractivity contribution >= 4 is 5.91 Å². The van der Waals surface area contributed by atoms with Crippen LogP contribution < -0.4 is 4.74 Å². The van der Waals surface area contributed by atoms with Crippen LogP contribution in [0.1, 0.15) is 65.2 Å². The number of carbonyl (C=O) groups excluding carboxylic acids is 1. The van der Waals surface area contributed by atoms with Crippen LogP contribution in [0.25, 0.3) is 0 Å². The molecule has 1 aliphatic heterocycles. The highest BCUT2D eigenvalue weighted by molar-refractivity contribution is 5.77. The van der Waals surface area contributed by atoms with Gasteiger partial charge in [0, 0.05) is 19.5 Å². The van der Waals surface area contributed by atoms with Gasteiger partial charge in [-0.2, -0.15) is 0 Å². The van der Waals surface area contributed by atoms with Gasteiger partial charge in [-0.15, -0.1) is 0 Å². The molecule has 0 N–H and O–H groups in total. The maximum Gasteiger partial charge on any atom is 0.222 e. The van der Waals surface area contributed by atoms with E-state index < -0.39 is 0 Å². The minimum atomic E-state index is 0.316. The second-order valence-corrected chi connectivity index (χ2v) is 11.5. The summed E-state index contributed by atoms with van der Waals surface area (Å²) in [6.07, 6.45) is 9.68. The summed E-state index contributed by atoms with van der Waals surface area (Å²) >= 11 is 0. The molecule has 4 fully saturated rings. The fourth-order valence-electron chi connectivity index (χ4n) is 8.49. The molecule has 4 aliphatic rings. The van der Waals surface area contributed by atoms with E-state index in [1.165, 1.54) is 38.5 Å². The van der Waals surface area contributed by atoms with E-state index in [9.17, 15) is 4.79 Å². The molecule has 2 unspecified atom stereocenters. The van der Waals surface area contributed by atoms with Gasteiger partial charge in [-0.3, -0.25) is 4.79 Å². The van der Waals surface area contributed by atoms with E-state index >= 15 is 0 Å². The summed E-state index contributed by atoms with van der Waals surface area (Å²) in [5.74, 6) is 4.40. The number of para-hydroxylation sites is 1. The van der Waals surface area contributed by atoms with Crippen LogP contribution in [0.2, 0.25) is 0 Å². The topological polar surface area (TPSA) is 38.8 Å². The zero-order chi connectivity index (χ0) is 22.3. The Kier molecular flexibility index (Phi) is 6.03. The number of carbonyl (C=O) groups is 1. The van der Waals surface area contributed by atoms with Gasteiger partial charge in [-0.05, 0) is 91.6 Å². The number of rotatable bonds is 6. The Morgan fingerprint density at radius 2 is 1.72 bits per heavy atom. The Morgan fingerprint density at radius 3 is 2.53 bits per heavy atom. The molecule has 1 aromatic carbocycles. The number of nitrogens with zero attached hydrogens (tertiary/aromatic N) is 1. The van der Waals surface area contributed by atoms with Crippen molar-refractivity contribution < 1.29 is 14.3 Å². The Labute approximate surface area is 194 Å². The summed E-state index contributed by atoms with van der Waals surface area (Å²) < 4.78 is 11.9. The van der Waals surface area contributed by atoms with Gasteiger partial charge < -0.3 is 14.4 Å². The van der Waals surface area contributed by atoms with Crippen molar-refractivity contribution in [1.29, 1.82) is 0 Å². The van der Waals surface area contributed by atoms with Crippen molar-refractivity contribution in [3.63, 3.8) is 0 Å². The summed E-state index contributed by atoms with van der Waals surface area (Å²) in [6.45, 7) is 7.24. The number of likely N-dealkylation sites (tertiary alicyclic amines) is 1. The third-order valence-corrected chi connectivity index (χ3v) is 10.3. The van der Waals surface area contributed by atoms with E-state index in [1.54, 1.807) is 0 Å². The number of fused-ring (bicyclic) bond motifs is 5. The molecule has 1 heterocycles. The zero-order valence-corrected chi connectivity index (χ0v) is 20.2. The smallest absolute Gasteiger partial charge is 0.222 e. The number of hydrogen-bond donors (Lipinski definition) is 0. The average molecular weight is 440 g/mol. The Bertz CT molecular complexity index is 812. The molecular formula is C28H41NO3. The molecular weight excluding hydrogens is 398 g/mol. The molecule has 4 heteroatoms. The molecule has 3 aliphatic carbocycles. The number of benzene rings is 1. The third kappa shape index (κ3) is 3.67. The SMILES string of the molecule is CN1C(=O)CC[C@@]2(C)C1CC[C@@H]1[C@H]2CC[C@]2(C)C(COCCOc3ccccc3)CC[C@@H]12. The molecule has 32 heavy (non-hydrogen) atoms. The van der Waals surface area contributed by atoms with Crippen LogP contribution in [-0.4, -0.2) is 43.7 Å². The summed E-state index contributed by atoms with van der Waals surface area (Å²) in [5.41, 5.74) is 0.733. The maximum absolute atomic E-state index is 12.4. The first-order valence-corrected chi connectivity index (χ1v) is 12.9. The zero-order valence-electron chi connectivity index (χ0n) is 20.2. The molecule has 1 aromatic rings. The van der Waals surface area contributed by atoms with Crippen molar-refractivity contribution in [2.45, 2.75) is 71.3 Å². The van der Waals surface area contributed by atoms with Crippen molar-refractivity contribution in [3.05, 3.63) is 30.3 Å². The van der Waals surface area contributed by atoms with Crippen molar-refractivity contribution in [1.82, 2.24) is 4.90 Å². The fourth-order valence-corrected chi connectivity index (χ4v) is 8.49. The second-order valence-electron chi connectivity index (χ2n) is 11.5. The standard InChI is InChI=1S/C28H41NO3/c1-27-15-13-24-22(10-12-25-28(24,2)16-14-26(30)29(25)3)23(27)11-9-20(27)19-31-17-18-32-21-7-5-4-6-8-21/h4-8,20,22-25H,9-19H2,1-3H3/t20?,22-,23-,24+,25?,27+,28+/m0/s1. The Morgan fingerprint density at radius 1 is 0.938 bits per heavy atom. The lowest BCUT2D eigenvalue weighted by molar-refractivity contribution is -0.159. The quantitative estimate of drug-likeness (QED) is 0.545. The predicted octanol–water partition coefficient (Wildman–Crippen LogP) is 5.56. The molecule has 3 saturated carbocycles. The summed E-state index contributed by atoms with van der Waals surface area (Å²) in [6, 6.07) is 10.5. The highest BCUT2D eigenvalue weighted by Gasteiger charge is 2.61. The van der Waals surface area contributed by atoms with E-state index in [2.05, 4.69) is 25.8 Å².